The van der Waals surface area contributed by atoms with Gasteiger partial charge in [-0.25, -0.2) is 18.1 Å². The number of sulfonamides is 1. The molecule has 1 aromatic heterocycles. The van der Waals surface area contributed by atoms with Gasteiger partial charge in [-0.15, -0.1) is 0 Å². The summed E-state index contributed by atoms with van der Waals surface area (Å²) in [5.74, 6) is 0. The van der Waals surface area contributed by atoms with E-state index in [2.05, 4.69) is 9.71 Å². The second-order valence-corrected chi connectivity index (χ2v) is 7.08. The molecule has 0 aliphatic carbocycles. The van der Waals surface area contributed by atoms with Crippen LogP contribution in [0.25, 0.3) is 0 Å². The van der Waals surface area contributed by atoms with Gasteiger partial charge in [-0.3, -0.25) is 0 Å². The van der Waals surface area contributed by atoms with Gasteiger partial charge in [0.25, 0.3) is 10.0 Å². The number of hydrogen-bond donors (Lipinski definition) is 2. The maximum atomic E-state index is 12.4. The van der Waals surface area contributed by atoms with E-state index < -0.39 is 15.6 Å². The van der Waals surface area contributed by atoms with E-state index in [1.54, 1.807) is 4.57 Å². The molecule has 0 saturated carbocycles. The number of ether oxygens (including phenoxy) is 1. The largest absolute Gasteiger partial charge is 0.381 e. The first-order chi connectivity index (χ1) is 9.38. The number of nitrogens with two attached hydrogens (primary N) is 1. The lowest BCUT2D eigenvalue weighted by Crippen LogP contribution is -2.56. The van der Waals surface area contributed by atoms with Crippen LogP contribution in [0.1, 0.15) is 32.7 Å². The molecule has 0 amide bonds. The SMILES string of the molecule is CC(C)n1cnc(S(=O)(=O)NC2(CN)CCOCC2)c1. The fourth-order valence-electron chi connectivity index (χ4n) is 2.19. The maximum absolute atomic E-state index is 12.4. The number of aromatic nitrogens is 2. The maximum Gasteiger partial charge on any atom is 0.260 e. The summed E-state index contributed by atoms with van der Waals surface area (Å²) < 4.78 is 34.6. The van der Waals surface area contributed by atoms with E-state index in [9.17, 15) is 8.42 Å². The van der Waals surface area contributed by atoms with Crippen LogP contribution in [0.3, 0.4) is 0 Å². The molecular formula is C12H22N4O3S. The minimum absolute atomic E-state index is 0.0329. The molecule has 1 fully saturated rings. The van der Waals surface area contributed by atoms with Crippen LogP contribution in [0.4, 0.5) is 0 Å². The Balaban J connectivity index is 2.20. The number of hydrogen-bond acceptors (Lipinski definition) is 5. The average Bonchev–Trinajstić information content (AvgIpc) is 2.90. The average molecular weight is 302 g/mol. The fourth-order valence-corrected chi connectivity index (χ4v) is 3.59. The fraction of sp³-hybridized carbons (Fsp3) is 0.750. The lowest BCUT2D eigenvalue weighted by atomic mass is 9.92. The van der Waals surface area contributed by atoms with Crippen LogP contribution in [0.15, 0.2) is 17.6 Å². The normalized spacial score (nSPS) is 19.4. The van der Waals surface area contributed by atoms with Gasteiger partial charge in [-0.1, -0.05) is 0 Å². The van der Waals surface area contributed by atoms with Crippen molar-refractivity contribution in [2.75, 3.05) is 19.8 Å². The summed E-state index contributed by atoms with van der Waals surface area (Å²) in [6.45, 7) is 5.21. The van der Waals surface area contributed by atoms with Gasteiger partial charge in [0.05, 0.1) is 6.33 Å². The van der Waals surface area contributed by atoms with Crippen molar-refractivity contribution in [2.45, 2.75) is 43.3 Å². The predicted molar refractivity (Wildman–Crippen MR) is 74.8 cm³/mol. The monoisotopic (exact) mass is 302 g/mol. The number of nitrogens with zero attached hydrogens (tertiary/aromatic N) is 2. The first kappa shape index (κ1) is 15.4. The Morgan fingerprint density at radius 2 is 2.15 bits per heavy atom. The molecule has 1 aliphatic heterocycles. The van der Waals surface area contributed by atoms with Crippen molar-refractivity contribution in [1.29, 1.82) is 0 Å². The summed E-state index contributed by atoms with van der Waals surface area (Å²) in [7, 11) is -3.66. The zero-order chi connectivity index (χ0) is 14.8. The highest BCUT2D eigenvalue weighted by atomic mass is 32.2. The summed E-state index contributed by atoms with van der Waals surface area (Å²) in [6, 6.07) is 0.165. The van der Waals surface area contributed by atoms with E-state index in [0.717, 1.165) is 0 Å². The molecule has 1 saturated heterocycles. The minimum atomic E-state index is -3.66. The number of rotatable bonds is 5. The molecule has 20 heavy (non-hydrogen) atoms. The molecule has 1 aliphatic rings. The van der Waals surface area contributed by atoms with Crippen molar-refractivity contribution in [3.05, 3.63) is 12.5 Å². The third-order valence-corrected chi connectivity index (χ3v) is 5.10. The number of imidazole rings is 1. The molecule has 0 atom stereocenters. The third kappa shape index (κ3) is 3.20. The molecule has 2 rings (SSSR count). The molecule has 114 valence electrons. The van der Waals surface area contributed by atoms with Gasteiger partial charge in [0.1, 0.15) is 0 Å². The van der Waals surface area contributed by atoms with Crippen molar-refractivity contribution < 1.29 is 13.2 Å². The van der Waals surface area contributed by atoms with E-state index in [-0.39, 0.29) is 17.6 Å². The highest BCUT2D eigenvalue weighted by Gasteiger charge is 2.36. The Labute approximate surface area is 119 Å². The number of nitrogens with one attached hydrogen (secondary N) is 1. The van der Waals surface area contributed by atoms with E-state index in [4.69, 9.17) is 10.5 Å². The summed E-state index contributed by atoms with van der Waals surface area (Å²) in [6.07, 6.45) is 4.22. The first-order valence-corrected chi connectivity index (χ1v) is 8.22. The van der Waals surface area contributed by atoms with Gasteiger partial charge < -0.3 is 15.0 Å². The van der Waals surface area contributed by atoms with Gasteiger partial charge in [0, 0.05) is 37.5 Å². The van der Waals surface area contributed by atoms with Gasteiger partial charge in [-0.2, -0.15) is 0 Å². The first-order valence-electron chi connectivity index (χ1n) is 6.74. The second-order valence-electron chi connectivity index (χ2n) is 5.46. The molecule has 0 unspecified atom stereocenters. The summed E-state index contributed by atoms with van der Waals surface area (Å²) in [5.41, 5.74) is 5.14. The molecule has 7 nitrogen and oxygen atoms in total. The smallest absolute Gasteiger partial charge is 0.260 e. The van der Waals surface area contributed by atoms with Gasteiger partial charge in [0.2, 0.25) is 0 Å². The van der Waals surface area contributed by atoms with Crippen LogP contribution in [-0.2, 0) is 14.8 Å². The Kier molecular flexibility index (Phi) is 4.48. The van der Waals surface area contributed by atoms with Crippen LogP contribution in [0.5, 0.6) is 0 Å². The Bertz CT molecular complexity index is 547. The van der Waals surface area contributed by atoms with E-state index in [1.807, 2.05) is 13.8 Å². The second kappa shape index (κ2) is 5.80. The summed E-state index contributed by atoms with van der Waals surface area (Å²) >= 11 is 0. The van der Waals surface area contributed by atoms with Crippen LogP contribution in [0.2, 0.25) is 0 Å². The van der Waals surface area contributed by atoms with Gasteiger partial charge >= 0.3 is 0 Å². The van der Waals surface area contributed by atoms with E-state index in [0.29, 0.717) is 26.1 Å². The molecule has 0 radical (unpaired) electrons. The molecule has 3 N–H and O–H groups in total. The Morgan fingerprint density at radius 1 is 1.50 bits per heavy atom. The van der Waals surface area contributed by atoms with Crippen LogP contribution in [-0.4, -0.2) is 43.3 Å². The van der Waals surface area contributed by atoms with Gasteiger partial charge in [0.15, 0.2) is 5.03 Å². The zero-order valence-corrected chi connectivity index (χ0v) is 12.7. The van der Waals surface area contributed by atoms with Crippen molar-refractivity contribution in [2.24, 2.45) is 5.73 Å². The van der Waals surface area contributed by atoms with Crippen molar-refractivity contribution >= 4 is 10.0 Å². The van der Waals surface area contributed by atoms with Crippen LogP contribution >= 0.6 is 0 Å². The Hall–Kier alpha value is -0.960. The van der Waals surface area contributed by atoms with Gasteiger partial charge in [-0.05, 0) is 26.7 Å². The van der Waals surface area contributed by atoms with E-state index >= 15 is 0 Å². The summed E-state index contributed by atoms with van der Waals surface area (Å²) in [5, 5.41) is 0.0329. The highest BCUT2D eigenvalue weighted by molar-refractivity contribution is 7.89. The molecule has 0 bridgehead atoms. The van der Waals surface area contributed by atoms with Crippen molar-refractivity contribution in [1.82, 2.24) is 14.3 Å². The molecule has 1 aromatic rings. The lowest BCUT2D eigenvalue weighted by Gasteiger charge is -2.36. The van der Waals surface area contributed by atoms with Crippen molar-refractivity contribution in [3.8, 4) is 0 Å². The van der Waals surface area contributed by atoms with Crippen molar-refractivity contribution in [3.63, 3.8) is 0 Å². The van der Waals surface area contributed by atoms with E-state index in [1.165, 1.54) is 12.5 Å². The summed E-state index contributed by atoms with van der Waals surface area (Å²) in [4.78, 5) is 3.98. The van der Waals surface area contributed by atoms with Crippen LogP contribution in [0, 0.1) is 0 Å². The quantitative estimate of drug-likeness (QED) is 0.812. The topological polar surface area (TPSA) is 99.2 Å². The third-order valence-electron chi connectivity index (χ3n) is 3.64. The standard InChI is InChI=1S/C12H22N4O3S/c1-10(2)16-7-11(14-9-16)20(17,18)15-12(8-13)3-5-19-6-4-12/h7,9-10,15H,3-6,8,13H2,1-2H3. The molecule has 8 heteroatoms. The predicted octanol–water partition coefficient (Wildman–Crippen LogP) is 0.250. The highest BCUT2D eigenvalue weighted by Crippen LogP contribution is 2.22. The molecule has 2 heterocycles. The minimum Gasteiger partial charge on any atom is -0.381 e. The lowest BCUT2D eigenvalue weighted by molar-refractivity contribution is 0.0501. The zero-order valence-electron chi connectivity index (χ0n) is 11.9. The Morgan fingerprint density at radius 3 is 2.65 bits per heavy atom. The molecule has 0 spiro atoms. The molecule has 0 aromatic carbocycles. The van der Waals surface area contributed by atoms with Crippen LogP contribution < -0.4 is 10.5 Å². The molecular weight excluding hydrogens is 280 g/mol.